The second kappa shape index (κ2) is 9.22. The summed E-state index contributed by atoms with van der Waals surface area (Å²) >= 11 is 0. The summed E-state index contributed by atoms with van der Waals surface area (Å²) < 4.78 is 4.91. The van der Waals surface area contributed by atoms with E-state index in [0.29, 0.717) is 17.7 Å². The summed E-state index contributed by atoms with van der Waals surface area (Å²) in [5.74, 6) is -0.834. The molecule has 136 valence electrons. The summed E-state index contributed by atoms with van der Waals surface area (Å²) in [5, 5.41) is 5.15. The Balaban J connectivity index is 2.06. The number of ether oxygens (including phenoxy) is 1. The molecule has 2 aromatic rings. The highest BCUT2D eigenvalue weighted by Gasteiger charge is 2.20. The van der Waals surface area contributed by atoms with Gasteiger partial charge < -0.3 is 21.1 Å². The molecule has 1 atom stereocenters. The van der Waals surface area contributed by atoms with Crippen molar-refractivity contribution < 1.29 is 19.1 Å². The first-order chi connectivity index (χ1) is 12.5. The van der Waals surface area contributed by atoms with Crippen molar-refractivity contribution in [1.82, 2.24) is 5.32 Å². The van der Waals surface area contributed by atoms with Crippen molar-refractivity contribution in [2.24, 2.45) is 5.73 Å². The number of benzene rings is 2. The minimum absolute atomic E-state index is 0.289. The fourth-order valence-corrected chi connectivity index (χ4v) is 2.36. The van der Waals surface area contributed by atoms with Gasteiger partial charge in [0.2, 0.25) is 5.91 Å². The molecule has 0 saturated carbocycles. The minimum Gasteiger partial charge on any atom is -0.462 e. The first-order valence-corrected chi connectivity index (χ1v) is 8.17. The standard InChI is InChI=1S/C19H21N3O4/c1-2-26-18(24)14-8-10-15(11-9-14)21-17(23)16(22-19(20)25)12-13-6-4-3-5-7-13/h3-11,16H,2,12H2,1H3,(H,21,23)(H3,20,22,25)/t16-/m1/s1. The molecule has 26 heavy (non-hydrogen) atoms. The van der Waals surface area contributed by atoms with E-state index < -0.39 is 23.9 Å². The van der Waals surface area contributed by atoms with Crippen molar-refractivity contribution in [3.63, 3.8) is 0 Å². The van der Waals surface area contributed by atoms with Crippen LogP contribution >= 0.6 is 0 Å². The van der Waals surface area contributed by atoms with Gasteiger partial charge in [0.25, 0.3) is 0 Å². The summed E-state index contributed by atoms with van der Waals surface area (Å²) in [6.07, 6.45) is 0.302. The number of urea groups is 1. The molecule has 0 saturated heterocycles. The number of carbonyl (C=O) groups is 3. The number of hydrogen-bond acceptors (Lipinski definition) is 4. The Morgan fingerprint density at radius 2 is 1.69 bits per heavy atom. The number of anilines is 1. The number of esters is 1. The molecule has 7 heteroatoms. The predicted molar refractivity (Wildman–Crippen MR) is 97.7 cm³/mol. The van der Waals surface area contributed by atoms with Gasteiger partial charge in [-0.3, -0.25) is 4.79 Å². The molecular weight excluding hydrogens is 334 g/mol. The highest BCUT2D eigenvalue weighted by atomic mass is 16.5. The first kappa shape index (κ1) is 19.0. The maximum absolute atomic E-state index is 12.5. The lowest BCUT2D eigenvalue weighted by Gasteiger charge is -2.17. The lowest BCUT2D eigenvalue weighted by molar-refractivity contribution is -0.117. The van der Waals surface area contributed by atoms with Crippen LogP contribution in [0.3, 0.4) is 0 Å². The first-order valence-electron chi connectivity index (χ1n) is 8.17. The number of hydrogen-bond donors (Lipinski definition) is 3. The van der Waals surface area contributed by atoms with Gasteiger partial charge in [-0.1, -0.05) is 30.3 Å². The monoisotopic (exact) mass is 355 g/mol. The van der Waals surface area contributed by atoms with Gasteiger partial charge in [-0.05, 0) is 36.8 Å². The van der Waals surface area contributed by atoms with E-state index >= 15 is 0 Å². The van der Waals surface area contributed by atoms with E-state index in [1.165, 1.54) is 0 Å². The van der Waals surface area contributed by atoms with Crippen molar-refractivity contribution in [2.75, 3.05) is 11.9 Å². The summed E-state index contributed by atoms with van der Waals surface area (Å²) in [6, 6.07) is 14.0. The highest BCUT2D eigenvalue weighted by Crippen LogP contribution is 2.12. The number of nitrogens with two attached hydrogens (primary N) is 1. The molecule has 0 unspecified atom stereocenters. The van der Waals surface area contributed by atoms with Crippen LogP contribution in [-0.2, 0) is 16.0 Å². The van der Waals surface area contributed by atoms with Gasteiger partial charge in [0, 0.05) is 12.1 Å². The van der Waals surface area contributed by atoms with Crippen LogP contribution < -0.4 is 16.4 Å². The number of carbonyl (C=O) groups excluding carboxylic acids is 3. The largest absolute Gasteiger partial charge is 0.462 e. The van der Waals surface area contributed by atoms with E-state index in [0.717, 1.165) is 5.56 Å². The average molecular weight is 355 g/mol. The Bertz CT molecular complexity index is 760. The summed E-state index contributed by atoms with van der Waals surface area (Å²) in [6.45, 7) is 2.02. The van der Waals surface area contributed by atoms with Crippen LogP contribution in [0.5, 0.6) is 0 Å². The summed E-state index contributed by atoms with van der Waals surface area (Å²) in [4.78, 5) is 35.4. The van der Waals surface area contributed by atoms with Crippen molar-refractivity contribution in [3.05, 3.63) is 65.7 Å². The molecule has 7 nitrogen and oxygen atoms in total. The molecule has 0 heterocycles. The fourth-order valence-electron chi connectivity index (χ4n) is 2.36. The Hall–Kier alpha value is -3.35. The third kappa shape index (κ3) is 5.62. The van der Waals surface area contributed by atoms with E-state index in [4.69, 9.17) is 10.5 Å². The topological polar surface area (TPSA) is 111 Å². The van der Waals surface area contributed by atoms with Gasteiger partial charge in [0.05, 0.1) is 12.2 Å². The van der Waals surface area contributed by atoms with Gasteiger partial charge >= 0.3 is 12.0 Å². The average Bonchev–Trinajstić information content (AvgIpc) is 2.62. The maximum atomic E-state index is 12.5. The van der Waals surface area contributed by atoms with E-state index in [1.54, 1.807) is 31.2 Å². The zero-order valence-corrected chi connectivity index (χ0v) is 14.4. The fraction of sp³-hybridized carbons (Fsp3) is 0.211. The van der Waals surface area contributed by atoms with Crippen molar-refractivity contribution in [2.45, 2.75) is 19.4 Å². The van der Waals surface area contributed by atoms with Gasteiger partial charge in [0.15, 0.2) is 0 Å². The molecule has 2 aromatic carbocycles. The predicted octanol–water partition coefficient (Wildman–Crippen LogP) is 2.08. The van der Waals surface area contributed by atoms with Crippen LogP contribution in [0.25, 0.3) is 0 Å². The Morgan fingerprint density at radius 1 is 1.04 bits per heavy atom. The third-order valence-corrected chi connectivity index (χ3v) is 3.58. The Morgan fingerprint density at radius 3 is 2.27 bits per heavy atom. The van der Waals surface area contributed by atoms with Crippen molar-refractivity contribution in [1.29, 1.82) is 0 Å². The molecule has 0 aromatic heterocycles. The Kier molecular flexibility index (Phi) is 6.73. The van der Waals surface area contributed by atoms with Crippen molar-refractivity contribution in [3.8, 4) is 0 Å². The molecule has 0 fully saturated rings. The van der Waals surface area contributed by atoms with Crippen LogP contribution in [-0.4, -0.2) is 30.6 Å². The van der Waals surface area contributed by atoms with Gasteiger partial charge in [-0.15, -0.1) is 0 Å². The Labute approximate surface area is 151 Å². The number of rotatable bonds is 7. The number of amides is 3. The zero-order valence-electron chi connectivity index (χ0n) is 14.4. The lowest BCUT2D eigenvalue weighted by Crippen LogP contribution is -2.47. The van der Waals surface area contributed by atoms with Crippen molar-refractivity contribution >= 4 is 23.6 Å². The summed E-state index contributed by atoms with van der Waals surface area (Å²) in [5.41, 5.74) is 6.95. The van der Waals surface area contributed by atoms with Crippen LogP contribution in [0.15, 0.2) is 54.6 Å². The molecule has 0 spiro atoms. The quantitative estimate of drug-likeness (QED) is 0.660. The maximum Gasteiger partial charge on any atom is 0.338 e. The SMILES string of the molecule is CCOC(=O)c1ccc(NC(=O)[C@@H](Cc2ccccc2)NC(N)=O)cc1. The van der Waals surface area contributed by atoms with Crippen LogP contribution in [0.1, 0.15) is 22.8 Å². The zero-order chi connectivity index (χ0) is 18.9. The molecular formula is C19H21N3O4. The van der Waals surface area contributed by atoms with E-state index in [1.807, 2.05) is 30.3 Å². The summed E-state index contributed by atoms with van der Waals surface area (Å²) in [7, 11) is 0. The second-order valence-corrected chi connectivity index (χ2v) is 5.54. The normalized spacial score (nSPS) is 11.3. The molecule has 0 bridgehead atoms. The molecule has 0 aliphatic carbocycles. The van der Waals surface area contributed by atoms with Gasteiger partial charge in [-0.25, -0.2) is 9.59 Å². The minimum atomic E-state index is -0.820. The molecule has 0 aliphatic rings. The smallest absolute Gasteiger partial charge is 0.338 e. The van der Waals surface area contributed by atoms with E-state index in [9.17, 15) is 14.4 Å². The van der Waals surface area contributed by atoms with E-state index in [2.05, 4.69) is 10.6 Å². The highest BCUT2D eigenvalue weighted by molar-refractivity contribution is 5.97. The van der Waals surface area contributed by atoms with Crippen LogP contribution in [0, 0.1) is 0 Å². The van der Waals surface area contributed by atoms with Gasteiger partial charge in [0.1, 0.15) is 6.04 Å². The van der Waals surface area contributed by atoms with E-state index in [-0.39, 0.29) is 6.61 Å². The number of nitrogens with one attached hydrogen (secondary N) is 2. The molecule has 4 N–H and O–H groups in total. The van der Waals surface area contributed by atoms with Crippen LogP contribution in [0.4, 0.5) is 10.5 Å². The van der Waals surface area contributed by atoms with Gasteiger partial charge in [-0.2, -0.15) is 0 Å². The lowest BCUT2D eigenvalue weighted by atomic mass is 10.1. The molecule has 3 amide bonds. The number of primary amides is 1. The molecule has 0 radical (unpaired) electrons. The van der Waals surface area contributed by atoms with Crippen LogP contribution in [0.2, 0.25) is 0 Å². The third-order valence-electron chi connectivity index (χ3n) is 3.58. The molecule has 0 aliphatic heterocycles. The second-order valence-electron chi connectivity index (χ2n) is 5.54. The molecule has 2 rings (SSSR count).